The van der Waals surface area contributed by atoms with Gasteiger partial charge in [0.2, 0.25) is 0 Å². The number of esters is 1. The van der Waals surface area contributed by atoms with E-state index in [1.165, 1.54) is 13.5 Å². The summed E-state index contributed by atoms with van der Waals surface area (Å²) in [6.07, 6.45) is 2.37. The van der Waals surface area contributed by atoms with Crippen molar-refractivity contribution in [1.82, 2.24) is 0 Å². The van der Waals surface area contributed by atoms with E-state index in [0.29, 0.717) is 10.8 Å². The average molecular weight is 196 g/mol. The molecule has 0 radical (unpaired) electrons. The lowest BCUT2D eigenvalue weighted by Crippen LogP contribution is -2.18. The fraction of sp³-hybridized carbons (Fsp3) is 0.917. The molecule has 2 rings (SSSR count). The van der Waals surface area contributed by atoms with Crippen LogP contribution in [0.25, 0.3) is 0 Å². The van der Waals surface area contributed by atoms with E-state index in [0.717, 1.165) is 6.42 Å². The fourth-order valence-electron chi connectivity index (χ4n) is 3.44. The maximum Gasteiger partial charge on any atom is 0.309 e. The van der Waals surface area contributed by atoms with Gasteiger partial charge >= 0.3 is 5.97 Å². The topological polar surface area (TPSA) is 26.3 Å². The Morgan fingerprint density at radius 1 is 1.50 bits per heavy atom. The predicted octanol–water partition coefficient (Wildman–Crippen LogP) is 2.62. The fourth-order valence-corrected chi connectivity index (χ4v) is 3.44. The molecule has 2 heteroatoms. The molecule has 14 heavy (non-hydrogen) atoms. The molecule has 3 atom stereocenters. The number of methoxy groups -OCH3 is 1. The lowest BCUT2D eigenvalue weighted by atomic mass is 9.84. The van der Waals surface area contributed by atoms with Gasteiger partial charge in [0, 0.05) is 0 Å². The first-order valence-corrected chi connectivity index (χ1v) is 5.35. The summed E-state index contributed by atoms with van der Waals surface area (Å²) in [7, 11) is 1.49. The zero-order valence-corrected chi connectivity index (χ0v) is 9.81. The number of hydrogen-bond acceptors (Lipinski definition) is 2. The number of ether oxygens (including phenoxy) is 1. The second kappa shape index (κ2) is 2.34. The molecule has 0 bridgehead atoms. The van der Waals surface area contributed by atoms with Crippen LogP contribution >= 0.6 is 0 Å². The van der Waals surface area contributed by atoms with Gasteiger partial charge in [-0.2, -0.15) is 0 Å². The molecule has 2 aliphatic rings. The molecule has 2 saturated carbocycles. The second-order valence-electron chi connectivity index (χ2n) is 6.44. The van der Waals surface area contributed by atoms with Crippen molar-refractivity contribution >= 4 is 5.97 Å². The normalized spacial score (nSPS) is 44.2. The lowest BCUT2D eigenvalue weighted by molar-refractivity contribution is -0.145. The Labute approximate surface area is 86.0 Å². The van der Waals surface area contributed by atoms with Gasteiger partial charge in [0.1, 0.15) is 0 Å². The smallest absolute Gasteiger partial charge is 0.309 e. The molecule has 2 nitrogen and oxygen atoms in total. The van der Waals surface area contributed by atoms with E-state index >= 15 is 0 Å². The van der Waals surface area contributed by atoms with Gasteiger partial charge in [-0.15, -0.1) is 0 Å². The Bertz CT molecular complexity index is 289. The van der Waals surface area contributed by atoms with E-state index in [2.05, 4.69) is 27.7 Å². The highest BCUT2D eigenvalue weighted by Crippen LogP contribution is 2.92. The maximum absolute atomic E-state index is 11.5. The Balaban J connectivity index is 2.06. The molecule has 0 spiro atoms. The van der Waals surface area contributed by atoms with E-state index in [1.54, 1.807) is 0 Å². The summed E-state index contributed by atoms with van der Waals surface area (Å²) in [5.41, 5.74) is 0.909. The molecule has 0 aromatic rings. The predicted molar refractivity (Wildman–Crippen MR) is 54.7 cm³/mol. The molecule has 2 unspecified atom stereocenters. The van der Waals surface area contributed by atoms with Gasteiger partial charge in [-0.1, -0.05) is 27.7 Å². The highest BCUT2D eigenvalue weighted by molar-refractivity contribution is 5.82. The van der Waals surface area contributed by atoms with Crippen molar-refractivity contribution in [1.29, 1.82) is 0 Å². The lowest BCUT2D eigenvalue weighted by Gasteiger charge is -2.21. The first kappa shape index (κ1) is 10.0. The number of fused-ring (bicyclic) bond motifs is 1. The van der Waals surface area contributed by atoms with E-state index < -0.39 is 0 Å². The minimum atomic E-state index is 0.00278. The van der Waals surface area contributed by atoms with Crippen LogP contribution < -0.4 is 0 Å². The molecule has 0 saturated heterocycles. The Hall–Kier alpha value is -0.530. The van der Waals surface area contributed by atoms with Gasteiger partial charge in [0.25, 0.3) is 0 Å². The van der Waals surface area contributed by atoms with Crippen LogP contribution in [-0.2, 0) is 9.53 Å². The Kier molecular flexibility index (Phi) is 1.67. The van der Waals surface area contributed by atoms with Crippen molar-refractivity contribution in [2.45, 2.75) is 40.5 Å². The molecule has 0 heterocycles. The van der Waals surface area contributed by atoms with Crippen LogP contribution in [0.2, 0.25) is 0 Å². The minimum absolute atomic E-state index is 0.00278. The average Bonchev–Trinajstić information content (AvgIpc) is 2.68. The summed E-state index contributed by atoms with van der Waals surface area (Å²) >= 11 is 0. The molecule has 2 aliphatic carbocycles. The largest absolute Gasteiger partial charge is 0.469 e. The van der Waals surface area contributed by atoms with Crippen molar-refractivity contribution < 1.29 is 9.53 Å². The van der Waals surface area contributed by atoms with Crippen LogP contribution in [0.15, 0.2) is 0 Å². The summed E-state index contributed by atoms with van der Waals surface area (Å²) in [6.45, 7) is 8.95. The first-order valence-electron chi connectivity index (χ1n) is 5.35. The van der Waals surface area contributed by atoms with Gasteiger partial charge in [-0.25, -0.2) is 0 Å². The Morgan fingerprint density at radius 3 is 2.43 bits per heavy atom. The van der Waals surface area contributed by atoms with Crippen LogP contribution in [0, 0.1) is 22.2 Å². The molecular weight excluding hydrogens is 176 g/mol. The summed E-state index contributed by atoms with van der Waals surface area (Å²) in [5, 5.41) is 0. The van der Waals surface area contributed by atoms with Crippen molar-refractivity contribution in [2.24, 2.45) is 22.2 Å². The van der Waals surface area contributed by atoms with Crippen molar-refractivity contribution in [3.8, 4) is 0 Å². The molecule has 0 aromatic heterocycles. The number of rotatable bonds is 2. The zero-order valence-electron chi connectivity index (χ0n) is 9.81. The number of hydrogen-bond donors (Lipinski definition) is 0. The van der Waals surface area contributed by atoms with Crippen LogP contribution in [0.5, 0.6) is 0 Å². The highest BCUT2D eigenvalue weighted by Gasteiger charge is 2.90. The molecule has 0 aliphatic heterocycles. The SMILES string of the molecule is COC(=O)C1C2(C)C[C@@]12CC(C)(C)C. The highest BCUT2D eigenvalue weighted by atomic mass is 16.5. The number of carbonyl (C=O) groups excluding carboxylic acids is 1. The summed E-state index contributed by atoms with van der Waals surface area (Å²) in [4.78, 5) is 11.5. The second-order valence-corrected chi connectivity index (χ2v) is 6.44. The summed E-state index contributed by atoms with van der Waals surface area (Å²) in [6, 6.07) is 0. The zero-order chi connectivity index (χ0) is 10.8. The van der Waals surface area contributed by atoms with E-state index in [9.17, 15) is 4.79 Å². The van der Waals surface area contributed by atoms with Gasteiger partial charge in [-0.3, -0.25) is 4.79 Å². The van der Waals surface area contributed by atoms with Gasteiger partial charge in [0.15, 0.2) is 0 Å². The van der Waals surface area contributed by atoms with E-state index in [-0.39, 0.29) is 17.3 Å². The molecule has 2 fully saturated rings. The molecule has 0 amide bonds. The molecule has 0 aromatic carbocycles. The summed E-state index contributed by atoms with van der Waals surface area (Å²) < 4.78 is 4.84. The monoisotopic (exact) mass is 196 g/mol. The number of carbonyl (C=O) groups is 1. The first-order chi connectivity index (χ1) is 6.27. The Morgan fingerprint density at radius 2 is 2.07 bits per heavy atom. The van der Waals surface area contributed by atoms with E-state index in [1.807, 2.05) is 0 Å². The molecule has 80 valence electrons. The van der Waals surface area contributed by atoms with Gasteiger partial charge < -0.3 is 4.74 Å². The van der Waals surface area contributed by atoms with Crippen LogP contribution in [0.1, 0.15) is 40.5 Å². The van der Waals surface area contributed by atoms with Crippen molar-refractivity contribution in [3.05, 3.63) is 0 Å². The van der Waals surface area contributed by atoms with E-state index in [4.69, 9.17) is 4.74 Å². The molecular formula is C12H20O2. The van der Waals surface area contributed by atoms with Gasteiger partial charge in [-0.05, 0) is 29.1 Å². The maximum atomic E-state index is 11.5. The van der Waals surface area contributed by atoms with Crippen LogP contribution in [0.3, 0.4) is 0 Å². The molecule has 0 N–H and O–H groups in total. The minimum Gasteiger partial charge on any atom is -0.469 e. The van der Waals surface area contributed by atoms with Crippen molar-refractivity contribution in [3.63, 3.8) is 0 Å². The third kappa shape index (κ3) is 1.06. The quantitative estimate of drug-likeness (QED) is 0.635. The van der Waals surface area contributed by atoms with Gasteiger partial charge in [0.05, 0.1) is 13.0 Å². The summed E-state index contributed by atoms with van der Waals surface area (Å²) in [5.74, 6) is 0.197. The third-order valence-electron chi connectivity index (χ3n) is 4.08. The van der Waals surface area contributed by atoms with Crippen LogP contribution in [0.4, 0.5) is 0 Å². The third-order valence-corrected chi connectivity index (χ3v) is 4.08. The standard InChI is InChI=1S/C12H20O2/c1-10(2,3)6-12-7-11(12,4)8(12)9(13)14-5/h8H,6-7H2,1-5H3/t8?,11?,12-/m0/s1. The van der Waals surface area contributed by atoms with Crippen LogP contribution in [-0.4, -0.2) is 13.1 Å². The van der Waals surface area contributed by atoms with Crippen molar-refractivity contribution in [2.75, 3.05) is 7.11 Å².